The van der Waals surface area contributed by atoms with Crippen LogP contribution in [0.25, 0.3) is 0 Å². The van der Waals surface area contributed by atoms with E-state index >= 15 is 0 Å². The van der Waals surface area contributed by atoms with Gasteiger partial charge < -0.3 is 0 Å². The average molecular weight is 152 g/mol. The van der Waals surface area contributed by atoms with E-state index in [9.17, 15) is 0 Å². The third kappa shape index (κ3) is 15.9. The summed E-state index contributed by atoms with van der Waals surface area (Å²) in [6.07, 6.45) is 0. The molecule has 0 aromatic rings. The number of rotatable bonds is 0. The van der Waals surface area contributed by atoms with Crippen molar-refractivity contribution in [3.05, 3.63) is 0 Å². The van der Waals surface area contributed by atoms with Gasteiger partial charge >= 0.3 is 38.0 Å². The van der Waals surface area contributed by atoms with Crippen molar-refractivity contribution in [2.45, 2.75) is 11.2 Å². The first-order chi connectivity index (χ1) is 1.73. The monoisotopic (exact) mass is 151 g/mol. The SMILES string of the molecule is C[CH](N)[Ag]. The van der Waals surface area contributed by atoms with E-state index in [1.54, 1.807) is 0 Å². The van der Waals surface area contributed by atoms with Crippen molar-refractivity contribution < 1.29 is 21.1 Å². The molecule has 4 heavy (non-hydrogen) atoms. The standard InChI is InChI=1S/C2H6N.Ag/c1-2-3;/h2H,3H2,1H3;. The molecule has 1 nitrogen and oxygen atoms in total. The zero-order valence-corrected chi connectivity index (χ0v) is 3.94. The van der Waals surface area contributed by atoms with E-state index in [0.717, 1.165) is 0 Å². The van der Waals surface area contributed by atoms with Gasteiger partial charge in [0.15, 0.2) is 0 Å². The molecular formula is C2H6AgN. The normalized spacial score (nSPS) is 16.0. The molecule has 0 fully saturated rings. The topological polar surface area (TPSA) is 26.0 Å². The molecule has 0 aliphatic rings. The van der Waals surface area contributed by atoms with Crippen LogP contribution in [0.3, 0.4) is 0 Å². The minimum atomic E-state index is 0.143. The van der Waals surface area contributed by atoms with E-state index in [0.29, 0.717) is 0 Å². The Morgan fingerprint density at radius 1 is 2.00 bits per heavy atom. The summed E-state index contributed by atoms with van der Waals surface area (Å²) in [6.45, 7) is 1.86. The van der Waals surface area contributed by atoms with Gasteiger partial charge in [0, 0.05) is 0 Å². The third-order valence-corrected chi connectivity index (χ3v) is 0. The summed E-state index contributed by atoms with van der Waals surface area (Å²) in [5.41, 5.74) is 5.03. The van der Waals surface area contributed by atoms with Crippen molar-refractivity contribution >= 4 is 0 Å². The molecule has 30 valence electrons. The van der Waals surface area contributed by atoms with Gasteiger partial charge in [-0.15, -0.1) is 0 Å². The van der Waals surface area contributed by atoms with Crippen LogP contribution in [0.4, 0.5) is 0 Å². The van der Waals surface area contributed by atoms with Gasteiger partial charge in [-0.1, -0.05) is 0 Å². The number of hydrogen-bond donors (Lipinski definition) is 1. The summed E-state index contributed by atoms with van der Waals surface area (Å²) in [5, 5.41) is 0. The molecular weight excluding hydrogens is 146 g/mol. The molecule has 1 atom stereocenters. The molecule has 0 aliphatic heterocycles. The Hall–Kier alpha value is 0.700. The first-order valence-electron chi connectivity index (χ1n) is 1.08. The number of hydrogen-bond acceptors (Lipinski definition) is 1. The van der Waals surface area contributed by atoms with E-state index in [1.807, 2.05) is 6.92 Å². The second kappa shape index (κ2) is 1.97. The predicted molar refractivity (Wildman–Crippen MR) is 13.6 cm³/mol. The van der Waals surface area contributed by atoms with E-state index in [4.69, 9.17) is 5.73 Å². The van der Waals surface area contributed by atoms with Crippen molar-refractivity contribution in [1.82, 2.24) is 0 Å². The quantitative estimate of drug-likeness (QED) is 0.479. The van der Waals surface area contributed by atoms with Crippen molar-refractivity contribution in [1.29, 1.82) is 0 Å². The average Bonchev–Trinajstić information content (AvgIpc) is 0.811. The molecule has 0 spiro atoms. The minimum absolute atomic E-state index is 0.143. The fourth-order valence-electron chi connectivity index (χ4n) is 0. The Morgan fingerprint density at radius 2 is 2.00 bits per heavy atom. The van der Waals surface area contributed by atoms with E-state index in [-0.39, 0.29) is 4.26 Å². The van der Waals surface area contributed by atoms with Crippen LogP contribution in [0, 0.1) is 0 Å². The van der Waals surface area contributed by atoms with Crippen LogP contribution in [0.1, 0.15) is 6.92 Å². The van der Waals surface area contributed by atoms with Crippen LogP contribution in [0.5, 0.6) is 0 Å². The second-order valence-electron chi connectivity index (χ2n) is 0.608. The number of nitrogens with two attached hydrogens (primary N) is 1. The molecule has 0 rings (SSSR count). The van der Waals surface area contributed by atoms with Crippen LogP contribution in [0.2, 0.25) is 0 Å². The molecule has 0 saturated heterocycles. The summed E-state index contributed by atoms with van der Waals surface area (Å²) in [7, 11) is 0. The first kappa shape index (κ1) is 4.70. The summed E-state index contributed by atoms with van der Waals surface area (Å²) >= 11 is 3.06. The summed E-state index contributed by atoms with van der Waals surface area (Å²) < 4.78 is 0.143. The molecule has 1 unspecified atom stereocenters. The Morgan fingerprint density at radius 3 is 2.00 bits per heavy atom. The van der Waals surface area contributed by atoms with Crippen LogP contribution < -0.4 is 5.73 Å². The van der Waals surface area contributed by atoms with E-state index in [1.165, 1.54) is 0 Å². The molecule has 2 N–H and O–H groups in total. The van der Waals surface area contributed by atoms with Crippen molar-refractivity contribution in [2.24, 2.45) is 5.73 Å². The molecule has 0 bridgehead atoms. The van der Waals surface area contributed by atoms with Crippen molar-refractivity contribution in [3.8, 4) is 0 Å². The Kier molecular flexibility index (Phi) is 2.32. The van der Waals surface area contributed by atoms with Crippen molar-refractivity contribution in [3.63, 3.8) is 0 Å². The van der Waals surface area contributed by atoms with Gasteiger partial charge in [-0.05, 0) is 0 Å². The van der Waals surface area contributed by atoms with Gasteiger partial charge in [-0.3, -0.25) is 0 Å². The van der Waals surface area contributed by atoms with Crippen LogP contribution in [-0.2, 0) is 21.1 Å². The van der Waals surface area contributed by atoms with Gasteiger partial charge in [0.05, 0.1) is 0 Å². The van der Waals surface area contributed by atoms with Gasteiger partial charge in [0.1, 0.15) is 0 Å². The molecule has 0 radical (unpaired) electrons. The van der Waals surface area contributed by atoms with E-state index in [2.05, 4.69) is 21.1 Å². The van der Waals surface area contributed by atoms with Gasteiger partial charge in [0.25, 0.3) is 0 Å². The summed E-state index contributed by atoms with van der Waals surface area (Å²) in [6, 6.07) is 0. The van der Waals surface area contributed by atoms with Crippen molar-refractivity contribution in [2.75, 3.05) is 0 Å². The molecule has 2 heteroatoms. The fraction of sp³-hybridized carbons (Fsp3) is 1.00. The molecule has 0 aliphatic carbocycles. The van der Waals surface area contributed by atoms with Gasteiger partial charge in [-0.25, -0.2) is 0 Å². The first-order valence-corrected chi connectivity index (χ1v) is 1.94. The fourth-order valence-corrected chi connectivity index (χ4v) is 0. The Balaban J connectivity index is 2.32. The summed E-state index contributed by atoms with van der Waals surface area (Å²) in [4.78, 5) is 0. The predicted octanol–water partition coefficient (Wildman–Crippen LogP) is -0.162. The van der Waals surface area contributed by atoms with E-state index < -0.39 is 0 Å². The van der Waals surface area contributed by atoms with Gasteiger partial charge in [-0.2, -0.15) is 0 Å². The zero-order chi connectivity index (χ0) is 3.58. The Labute approximate surface area is 38.5 Å². The summed E-state index contributed by atoms with van der Waals surface area (Å²) in [5.74, 6) is 0. The molecule has 0 aromatic carbocycles. The Bertz CT molecular complexity index is 10.8. The molecule has 0 amide bonds. The maximum absolute atomic E-state index is 5.03. The molecule has 0 heterocycles. The third-order valence-electron chi connectivity index (χ3n) is 0. The van der Waals surface area contributed by atoms with Crippen LogP contribution in [-0.4, -0.2) is 4.26 Å². The maximum atomic E-state index is 5.03. The molecule has 0 aromatic heterocycles. The molecule has 0 saturated carbocycles. The van der Waals surface area contributed by atoms with Crippen LogP contribution >= 0.6 is 0 Å². The van der Waals surface area contributed by atoms with Gasteiger partial charge in [0.2, 0.25) is 0 Å². The zero-order valence-electron chi connectivity index (χ0n) is 2.46. The van der Waals surface area contributed by atoms with Crippen LogP contribution in [0.15, 0.2) is 0 Å². The second-order valence-corrected chi connectivity index (χ2v) is 1.96.